The lowest BCUT2D eigenvalue weighted by Gasteiger charge is -2.22. The largest absolute Gasteiger partial charge is 0.289 e. The number of hydrogen-bond donors (Lipinski definition) is 0. The van der Waals surface area contributed by atoms with Crippen LogP contribution in [0, 0.1) is 0 Å². The lowest BCUT2D eigenvalue weighted by molar-refractivity contribution is 0.103. The maximum atomic E-state index is 12.9. The quantitative estimate of drug-likeness (QED) is 0.469. The predicted molar refractivity (Wildman–Crippen MR) is 109 cm³/mol. The Morgan fingerprint density at radius 1 is 0.625 bits per heavy atom. The van der Waals surface area contributed by atoms with Gasteiger partial charge in [-0.15, -0.1) is 23.5 Å². The second-order valence-electron chi connectivity index (χ2n) is 5.56. The Kier molecular flexibility index (Phi) is 3.85. The molecular weight excluding hydrogens is 372 g/mol. The van der Waals surface area contributed by atoms with Gasteiger partial charge in [0.05, 0.1) is 12.7 Å². The van der Waals surface area contributed by atoms with Crippen LogP contribution in [-0.2, 0) is 0 Å². The summed E-state index contributed by atoms with van der Waals surface area (Å²) in [5.74, 6) is 2.51. The topological polar surface area (TPSA) is 17.1 Å². The fraction of sp³-hybridized carbons (Fsp3) is 0.105. The van der Waals surface area contributed by atoms with Gasteiger partial charge in [-0.3, -0.25) is 4.79 Å². The molecule has 5 heteroatoms. The van der Waals surface area contributed by atoms with E-state index in [1.165, 1.54) is 29.8 Å². The van der Waals surface area contributed by atoms with E-state index in [2.05, 4.69) is 12.1 Å². The van der Waals surface area contributed by atoms with Gasteiger partial charge in [-0.05, 0) is 11.1 Å². The summed E-state index contributed by atoms with van der Waals surface area (Å²) in [7, 11) is 0. The van der Waals surface area contributed by atoms with E-state index in [0.29, 0.717) is 0 Å². The molecule has 0 spiro atoms. The Hall–Kier alpha value is -1.01. The molecule has 2 heterocycles. The van der Waals surface area contributed by atoms with Crippen molar-refractivity contribution in [3.05, 3.63) is 83.5 Å². The molecule has 2 aliphatic heterocycles. The summed E-state index contributed by atoms with van der Waals surface area (Å²) < 4.78 is 4.19. The van der Waals surface area contributed by atoms with Gasteiger partial charge >= 0.3 is 0 Å². The van der Waals surface area contributed by atoms with Crippen LogP contribution in [0.5, 0.6) is 0 Å². The Morgan fingerprint density at radius 3 is 1.58 bits per heavy atom. The highest BCUT2D eigenvalue weighted by molar-refractivity contribution is 8.41. The Bertz CT molecular complexity index is 870. The standard InChI is InChI=1S/C19H12OS4/c20-16-13-7-3-1-5-11(13)15(12-6-2-4-8-14(12)16)17-23-18-19(24-17)22-10-9-21-18/h1-8H,9-10H2. The van der Waals surface area contributed by atoms with Crippen molar-refractivity contribution < 1.29 is 4.79 Å². The Labute approximate surface area is 157 Å². The first kappa shape index (κ1) is 15.3. The first-order chi connectivity index (χ1) is 11.8. The molecule has 0 saturated heterocycles. The summed E-state index contributed by atoms with van der Waals surface area (Å²) in [5, 5.41) is 0. The monoisotopic (exact) mass is 384 g/mol. The molecule has 0 N–H and O–H groups in total. The van der Waals surface area contributed by atoms with Gasteiger partial charge in [0, 0.05) is 28.2 Å². The van der Waals surface area contributed by atoms with Crippen molar-refractivity contribution in [3.8, 4) is 0 Å². The van der Waals surface area contributed by atoms with Gasteiger partial charge in [0.2, 0.25) is 0 Å². The lowest BCUT2D eigenvalue weighted by Crippen LogP contribution is -2.14. The lowest BCUT2D eigenvalue weighted by atomic mass is 9.82. The van der Waals surface area contributed by atoms with Gasteiger partial charge in [-0.1, -0.05) is 72.1 Å². The van der Waals surface area contributed by atoms with Crippen LogP contribution in [0.15, 0.2) is 61.2 Å². The highest BCUT2D eigenvalue weighted by atomic mass is 32.3. The Morgan fingerprint density at radius 2 is 1.08 bits per heavy atom. The second kappa shape index (κ2) is 6.06. The number of ketones is 1. The first-order valence-corrected chi connectivity index (χ1v) is 11.3. The smallest absolute Gasteiger partial charge is 0.194 e. The highest BCUT2D eigenvalue weighted by Crippen LogP contribution is 2.62. The molecule has 3 aliphatic rings. The van der Waals surface area contributed by atoms with Crippen LogP contribution in [0.1, 0.15) is 27.0 Å². The predicted octanol–water partition coefficient (Wildman–Crippen LogP) is 6.03. The van der Waals surface area contributed by atoms with Gasteiger partial charge in [0.1, 0.15) is 0 Å². The molecule has 2 aromatic carbocycles. The zero-order valence-corrected chi connectivity index (χ0v) is 15.8. The van der Waals surface area contributed by atoms with Gasteiger partial charge in [0.15, 0.2) is 5.78 Å². The fourth-order valence-electron chi connectivity index (χ4n) is 3.13. The van der Waals surface area contributed by atoms with Crippen molar-refractivity contribution in [3.63, 3.8) is 0 Å². The first-order valence-electron chi connectivity index (χ1n) is 7.66. The third kappa shape index (κ3) is 2.33. The van der Waals surface area contributed by atoms with E-state index in [-0.39, 0.29) is 5.78 Å². The molecule has 0 unspecified atom stereocenters. The molecule has 118 valence electrons. The fourth-order valence-corrected chi connectivity index (χ4v) is 9.21. The number of rotatable bonds is 0. The summed E-state index contributed by atoms with van der Waals surface area (Å²) in [6.45, 7) is 0. The Balaban J connectivity index is 1.74. The summed E-state index contributed by atoms with van der Waals surface area (Å²) in [6, 6.07) is 16.1. The molecule has 0 bridgehead atoms. The van der Waals surface area contributed by atoms with E-state index in [4.69, 9.17) is 0 Å². The van der Waals surface area contributed by atoms with Crippen LogP contribution in [0.4, 0.5) is 0 Å². The van der Waals surface area contributed by atoms with E-state index < -0.39 is 0 Å². The van der Waals surface area contributed by atoms with Crippen molar-refractivity contribution >= 4 is 58.4 Å². The maximum Gasteiger partial charge on any atom is 0.194 e. The van der Waals surface area contributed by atoms with Crippen LogP contribution < -0.4 is 0 Å². The van der Waals surface area contributed by atoms with E-state index in [9.17, 15) is 4.79 Å². The normalized spacial score (nSPS) is 19.2. The SMILES string of the molecule is O=C1c2ccccc2C(=C2SC3=C(SCCS3)S2)c2ccccc21. The number of benzene rings is 2. The molecular formula is C19H12OS4. The third-order valence-corrected chi connectivity index (χ3v) is 9.96. The molecule has 0 radical (unpaired) electrons. The molecule has 0 amide bonds. The number of thioether (sulfide) groups is 4. The average molecular weight is 385 g/mol. The minimum Gasteiger partial charge on any atom is -0.289 e. The van der Waals surface area contributed by atoms with Crippen LogP contribution in [-0.4, -0.2) is 17.3 Å². The van der Waals surface area contributed by atoms with Crippen molar-refractivity contribution in [1.82, 2.24) is 0 Å². The molecule has 0 saturated carbocycles. The number of fused-ring (bicyclic) bond motifs is 2. The van der Waals surface area contributed by atoms with Crippen molar-refractivity contribution in [2.75, 3.05) is 11.5 Å². The minimum absolute atomic E-state index is 0.139. The molecule has 5 rings (SSSR count). The van der Waals surface area contributed by atoms with Crippen LogP contribution >= 0.6 is 47.0 Å². The second-order valence-corrected chi connectivity index (χ2v) is 10.6. The molecule has 2 aromatic rings. The minimum atomic E-state index is 0.139. The molecule has 1 aliphatic carbocycles. The van der Waals surface area contributed by atoms with Crippen LogP contribution in [0.3, 0.4) is 0 Å². The van der Waals surface area contributed by atoms with E-state index in [0.717, 1.165) is 22.3 Å². The van der Waals surface area contributed by atoms with Crippen molar-refractivity contribution in [1.29, 1.82) is 0 Å². The van der Waals surface area contributed by atoms with E-state index in [1.807, 2.05) is 83.4 Å². The molecule has 0 fully saturated rings. The zero-order chi connectivity index (χ0) is 16.1. The molecule has 1 nitrogen and oxygen atoms in total. The van der Waals surface area contributed by atoms with E-state index in [1.54, 1.807) is 0 Å². The highest BCUT2D eigenvalue weighted by Gasteiger charge is 2.33. The number of carbonyl (C=O) groups is 1. The van der Waals surface area contributed by atoms with Gasteiger partial charge in [-0.25, -0.2) is 0 Å². The molecule has 24 heavy (non-hydrogen) atoms. The summed E-state index contributed by atoms with van der Waals surface area (Å²) in [5.41, 5.74) is 5.03. The maximum absolute atomic E-state index is 12.9. The van der Waals surface area contributed by atoms with Gasteiger partial charge in [-0.2, -0.15) is 0 Å². The molecule has 0 aromatic heterocycles. The number of carbonyl (C=O) groups excluding carboxylic acids is 1. The van der Waals surface area contributed by atoms with Gasteiger partial charge < -0.3 is 0 Å². The summed E-state index contributed by atoms with van der Waals surface area (Å²) in [6.07, 6.45) is 0. The molecule has 0 atom stereocenters. The van der Waals surface area contributed by atoms with Crippen molar-refractivity contribution in [2.24, 2.45) is 0 Å². The number of hydrogen-bond acceptors (Lipinski definition) is 5. The summed E-state index contributed by atoms with van der Waals surface area (Å²) >= 11 is 7.69. The van der Waals surface area contributed by atoms with Crippen LogP contribution in [0.25, 0.3) is 5.57 Å². The van der Waals surface area contributed by atoms with Gasteiger partial charge in [0.25, 0.3) is 0 Å². The zero-order valence-electron chi connectivity index (χ0n) is 12.6. The average Bonchev–Trinajstić information content (AvgIpc) is 3.06. The third-order valence-electron chi connectivity index (χ3n) is 4.17. The summed E-state index contributed by atoms with van der Waals surface area (Å²) in [4.78, 5) is 12.9. The van der Waals surface area contributed by atoms with Crippen molar-refractivity contribution in [2.45, 2.75) is 0 Å². The van der Waals surface area contributed by atoms with Crippen LogP contribution in [0.2, 0.25) is 0 Å². The van der Waals surface area contributed by atoms with E-state index >= 15 is 0 Å².